The monoisotopic (exact) mass is 287 g/mol. The van der Waals surface area contributed by atoms with E-state index in [1.165, 1.54) is 6.42 Å². The zero-order valence-electron chi connectivity index (χ0n) is 12.6. The molecule has 1 amide bonds. The molecule has 3 rings (SSSR count). The number of hydrogen-bond donors (Lipinski definition) is 1. The number of rotatable bonds is 3. The molecule has 0 unspecified atom stereocenters. The predicted octanol–water partition coefficient (Wildman–Crippen LogP) is 1.94. The number of aryl methyl sites for hydroxylation is 2. The van der Waals surface area contributed by atoms with Gasteiger partial charge in [0.05, 0.1) is 6.54 Å². The van der Waals surface area contributed by atoms with E-state index in [-0.39, 0.29) is 11.8 Å². The molecular weight excluding hydrogens is 266 g/mol. The van der Waals surface area contributed by atoms with Crippen LogP contribution in [0.15, 0.2) is 6.07 Å². The molecule has 2 heterocycles. The highest BCUT2D eigenvalue weighted by molar-refractivity contribution is 5.78. The number of carbonyl (C=O) groups is 1. The fraction of sp³-hybridized carbons (Fsp3) is 0.600. The Morgan fingerprint density at radius 2 is 2.05 bits per heavy atom. The summed E-state index contributed by atoms with van der Waals surface area (Å²) in [4.78, 5) is 16.5. The van der Waals surface area contributed by atoms with Crippen molar-refractivity contribution in [3.8, 4) is 0 Å². The molecule has 0 saturated heterocycles. The lowest BCUT2D eigenvalue weighted by atomic mass is 9.89. The van der Waals surface area contributed by atoms with Crippen LogP contribution in [0.4, 0.5) is 0 Å². The van der Waals surface area contributed by atoms with E-state index in [1.807, 2.05) is 24.3 Å². The van der Waals surface area contributed by atoms with Crippen LogP contribution < -0.4 is 5.32 Å². The van der Waals surface area contributed by atoms with Gasteiger partial charge in [-0.15, -0.1) is 10.2 Å². The van der Waals surface area contributed by atoms with Gasteiger partial charge in [0.1, 0.15) is 0 Å². The van der Waals surface area contributed by atoms with Crippen molar-refractivity contribution in [3.63, 3.8) is 0 Å². The molecule has 1 N–H and O–H groups in total. The lowest BCUT2D eigenvalue weighted by Crippen LogP contribution is -2.32. The summed E-state index contributed by atoms with van der Waals surface area (Å²) < 4.78 is 1.90. The Morgan fingerprint density at radius 3 is 2.81 bits per heavy atom. The summed E-state index contributed by atoms with van der Waals surface area (Å²) in [5.74, 6) is 1.64. The minimum Gasteiger partial charge on any atom is -0.349 e. The number of nitrogens with one attached hydrogen (secondary N) is 1. The third-order valence-corrected chi connectivity index (χ3v) is 4.16. The Kier molecular flexibility index (Phi) is 3.86. The molecule has 21 heavy (non-hydrogen) atoms. The Bertz CT molecular complexity index is 657. The molecule has 1 saturated carbocycles. The van der Waals surface area contributed by atoms with Crippen molar-refractivity contribution in [2.75, 3.05) is 0 Å². The van der Waals surface area contributed by atoms with Crippen molar-refractivity contribution in [2.45, 2.75) is 52.5 Å². The first-order valence-corrected chi connectivity index (χ1v) is 7.61. The second-order valence-corrected chi connectivity index (χ2v) is 5.84. The molecule has 0 bridgehead atoms. The highest BCUT2D eigenvalue weighted by Gasteiger charge is 2.21. The maximum Gasteiger partial charge on any atom is 0.255 e. The van der Waals surface area contributed by atoms with Crippen molar-refractivity contribution >= 4 is 11.7 Å². The lowest BCUT2D eigenvalue weighted by Gasteiger charge is -2.20. The van der Waals surface area contributed by atoms with E-state index < -0.39 is 0 Å². The van der Waals surface area contributed by atoms with Gasteiger partial charge < -0.3 is 5.32 Å². The van der Waals surface area contributed by atoms with Gasteiger partial charge in [-0.05, 0) is 32.8 Å². The molecule has 2 aromatic rings. The van der Waals surface area contributed by atoms with Gasteiger partial charge in [0.15, 0.2) is 5.82 Å². The number of carbonyl (C=O) groups excluding carboxylic acids is 1. The van der Waals surface area contributed by atoms with Crippen LogP contribution in [0.5, 0.6) is 0 Å². The molecule has 0 aromatic carbocycles. The molecule has 1 aliphatic rings. The summed E-state index contributed by atoms with van der Waals surface area (Å²) in [7, 11) is 0. The first kappa shape index (κ1) is 14.0. The van der Waals surface area contributed by atoms with Crippen molar-refractivity contribution in [3.05, 3.63) is 23.3 Å². The lowest BCUT2D eigenvalue weighted by molar-refractivity contribution is -0.126. The normalized spacial score (nSPS) is 16.3. The van der Waals surface area contributed by atoms with E-state index in [1.54, 1.807) is 0 Å². The second-order valence-electron chi connectivity index (χ2n) is 5.84. The fourth-order valence-corrected chi connectivity index (χ4v) is 3.09. The van der Waals surface area contributed by atoms with Crippen LogP contribution in [0, 0.1) is 19.8 Å². The Labute approximate surface area is 124 Å². The molecule has 0 spiro atoms. The second kappa shape index (κ2) is 5.79. The van der Waals surface area contributed by atoms with Crippen LogP contribution in [-0.4, -0.2) is 25.5 Å². The maximum atomic E-state index is 12.2. The van der Waals surface area contributed by atoms with E-state index in [0.29, 0.717) is 12.3 Å². The van der Waals surface area contributed by atoms with Crippen LogP contribution in [0.3, 0.4) is 0 Å². The molecule has 1 aliphatic carbocycles. The Hall–Kier alpha value is -1.98. The van der Waals surface area contributed by atoms with Crippen molar-refractivity contribution in [1.82, 2.24) is 24.9 Å². The van der Waals surface area contributed by atoms with Gasteiger partial charge in [-0.2, -0.15) is 0 Å². The van der Waals surface area contributed by atoms with E-state index in [9.17, 15) is 4.79 Å². The molecule has 0 radical (unpaired) electrons. The highest BCUT2D eigenvalue weighted by atomic mass is 16.1. The number of fused-ring (bicyclic) bond motifs is 1. The highest BCUT2D eigenvalue weighted by Crippen LogP contribution is 2.23. The Morgan fingerprint density at radius 1 is 1.29 bits per heavy atom. The fourth-order valence-electron chi connectivity index (χ4n) is 3.09. The van der Waals surface area contributed by atoms with E-state index in [4.69, 9.17) is 0 Å². The quantitative estimate of drug-likeness (QED) is 0.936. The van der Waals surface area contributed by atoms with Crippen LogP contribution in [-0.2, 0) is 11.3 Å². The number of amides is 1. The molecule has 0 atom stereocenters. The zero-order valence-corrected chi connectivity index (χ0v) is 12.6. The largest absolute Gasteiger partial charge is 0.349 e. The summed E-state index contributed by atoms with van der Waals surface area (Å²) in [5, 5.41) is 11.2. The third kappa shape index (κ3) is 2.89. The van der Waals surface area contributed by atoms with Gasteiger partial charge in [-0.3, -0.25) is 9.20 Å². The molecule has 0 aliphatic heterocycles. The third-order valence-electron chi connectivity index (χ3n) is 4.16. The summed E-state index contributed by atoms with van der Waals surface area (Å²) in [6.07, 6.45) is 5.59. The molecule has 6 nitrogen and oxygen atoms in total. The summed E-state index contributed by atoms with van der Waals surface area (Å²) in [5.41, 5.74) is 1.95. The van der Waals surface area contributed by atoms with E-state index >= 15 is 0 Å². The summed E-state index contributed by atoms with van der Waals surface area (Å²) >= 11 is 0. The van der Waals surface area contributed by atoms with Gasteiger partial charge in [-0.25, -0.2) is 4.98 Å². The topological polar surface area (TPSA) is 72.2 Å². The molecule has 112 valence electrons. The Balaban J connectivity index is 1.72. The average molecular weight is 287 g/mol. The van der Waals surface area contributed by atoms with Crippen LogP contribution >= 0.6 is 0 Å². The van der Waals surface area contributed by atoms with Gasteiger partial charge in [0, 0.05) is 17.3 Å². The van der Waals surface area contributed by atoms with Gasteiger partial charge >= 0.3 is 0 Å². The first-order valence-electron chi connectivity index (χ1n) is 7.61. The van der Waals surface area contributed by atoms with Crippen LogP contribution in [0.2, 0.25) is 0 Å². The molecular formula is C15H21N5O. The standard InChI is InChI=1S/C15H21N5O/c1-10-8-11(2)20-13(18-19-15(20)17-10)9-16-14(21)12-6-4-3-5-7-12/h8,12H,3-7,9H2,1-2H3,(H,16,21). The van der Waals surface area contributed by atoms with E-state index in [0.717, 1.165) is 42.9 Å². The smallest absolute Gasteiger partial charge is 0.255 e. The minimum atomic E-state index is 0.143. The predicted molar refractivity (Wildman–Crippen MR) is 78.7 cm³/mol. The van der Waals surface area contributed by atoms with Gasteiger partial charge in [0.2, 0.25) is 5.91 Å². The summed E-state index contributed by atoms with van der Waals surface area (Å²) in [6, 6.07) is 1.99. The van der Waals surface area contributed by atoms with Crippen LogP contribution in [0.25, 0.3) is 5.78 Å². The molecule has 6 heteroatoms. The van der Waals surface area contributed by atoms with Gasteiger partial charge in [0.25, 0.3) is 5.78 Å². The number of hydrogen-bond acceptors (Lipinski definition) is 4. The van der Waals surface area contributed by atoms with E-state index in [2.05, 4.69) is 20.5 Å². The first-order chi connectivity index (χ1) is 10.1. The minimum absolute atomic E-state index is 0.143. The zero-order chi connectivity index (χ0) is 14.8. The molecule has 1 fully saturated rings. The maximum absolute atomic E-state index is 12.2. The van der Waals surface area contributed by atoms with Crippen LogP contribution in [0.1, 0.15) is 49.3 Å². The van der Waals surface area contributed by atoms with Crippen molar-refractivity contribution < 1.29 is 4.79 Å². The number of aromatic nitrogens is 4. The SMILES string of the molecule is Cc1cc(C)n2c(CNC(=O)C3CCCCC3)nnc2n1. The van der Waals surface area contributed by atoms with Gasteiger partial charge in [-0.1, -0.05) is 19.3 Å². The van der Waals surface area contributed by atoms with Crippen molar-refractivity contribution in [1.29, 1.82) is 0 Å². The average Bonchev–Trinajstić information content (AvgIpc) is 2.89. The molecule has 2 aromatic heterocycles. The van der Waals surface area contributed by atoms with Crippen molar-refractivity contribution in [2.24, 2.45) is 5.92 Å². The summed E-state index contributed by atoms with van der Waals surface area (Å²) in [6.45, 7) is 4.34. The number of nitrogens with zero attached hydrogens (tertiary/aromatic N) is 4.